The zero-order chi connectivity index (χ0) is 19.6. The Morgan fingerprint density at radius 3 is 2.59 bits per heavy atom. The maximum atomic E-state index is 6.16. The first kappa shape index (κ1) is 17.9. The fourth-order valence-electron chi connectivity index (χ4n) is 3.78. The van der Waals surface area contributed by atoms with Gasteiger partial charge in [-0.15, -0.1) is 0 Å². The van der Waals surface area contributed by atoms with E-state index in [0.29, 0.717) is 22.8 Å². The lowest BCUT2D eigenvalue weighted by atomic mass is 10.2. The summed E-state index contributed by atoms with van der Waals surface area (Å²) >= 11 is 6.16. The molecule has 29 heavy (non-hydrogen) atoms. The molecule has 2 N–H and O–H groups in total. The summed E-state index contributed by atoms with van der Waals surface area (Å²) in [7, 11) is 0. The Labute approximate surface area is 173 Å². The zero-order valence-corrected chi connectivity index (χ0v) is 16.6. The van der Waals surface area contributed by atoms with Crippen LogP contribution in [0.15, 0.2) is 60.8 Å². The molecule has 0 aliphatic heterocycles. The van der Waals surface area contributed by atoms with Crippen LogP contribution in [0.3, 0.4) is 0 Å². The average molecular weight is 405 g/mol. The first-order valence-electron chi connectivity index (χ1n) is 9.86. The van der Waals surface area contributed by atoms with Crippen molar-refractivity contribution in [3.8, 4) is 5.69 Å². The number of rotatable bonds is 5. The van der Waals surface area contributed by atoms with Crippen LogP contribution in [-0.2, 0) is 0 Å². The number of fused-ring (bicyclic) bond motifs is 1. The molecule has 146 valence electrons. The topological polar surface area (TPSA) is 67.7 Å². The largest absolute Gasteiger partial charge is 0.351 e. The standard InChI is InChI=1S/C22H21ClN6/c23-15-7-6-10-17(13-15)25-20-19-14-24-29(18-11-2-1-3-12-18)21(19)28-22(27-20)26-16-8-4-5-9-16/h1-3,6-7,10-14,16H,4-5,8-9H2,(H2,25,26,27,28). The lowest BCUT2D eigenvalue weighted by molar-refractivity contribution is 0.744. The Kier molecular flexibility index (Phi) is 4.77. The molecule has 0 bridgehead atoms. The van der Waals surface area contributed by atoms with Crippen LogP contribution in [0.5, 0.6) is 0 Å². The van der Waals surface area contributed by atoms with Crippen LogP contribution in [0.4, 0.5) is 17.5 Å². The quantitative estimate of drug-likeness (QED) is 0.455. The van der Waals surface area contributed by atoms with E-state index in [9.17, 15) is 0 Å². The molecule has 0 saturated heterocycles. The van der Waals surface area contributed by atoms with E-state index in [1.54, 1.807) is 6.20 Å². The van der Waals surface area contributed by atoms with Crippen molar-refractivity contribution >= 4 is 40.1 Å². The van der Waals surface area contributed by atoms with Crippen LogP contribution in [0, 0.1) is 0 Å². The molecule has 0 radical (unpaired) electrons. The Hall–Kier alpha value is -3.12. The summed E-state index contributed by atoms with van der Waals surface area (Å²) in [5.41, 5.74) is 2.59. The fraction of sp³-hybridized carbons (Fsp3) is 0.227. The van der Waals surface area contributed by atoms with Crippen molar-refractivity contribution in [2.24, 2.45) is 0 Å². The Morgan fingerprint density at radius 2 is 1.79 bits per heavy atom. The van der Waals surface area contributed by atoms with Crippen LogP contribution in [0.25, 0.3) is 16.7 Å². The normalized spacial score (nSPS) is 14.4. The third-order valence-electron chi connectivity index (χ3n) is 5.20. The second-order valence-electron chi connectivity index (χ2n) is 7.29. The number of aromatic nitrogens is 4. The van der Waals surface area contributed by atoms with Crippen molar-refractivity contribution in [3.05, 3.63) is 65.8 Å². The molecule has 1 aliphatic rings. The van der Waals surface area contributed by atoms with Crippen LogP contribution < -0.4 is 10.6 Å². The van der Waals surface area contributed by atoms with Gasteiger partial charge < -0.3 is 10.6 Å². The molecule has 2 aromatic carbocycles. The van der Waals surface area contributed by atoms with E-state index >= 15 is 0 Å². The molecule has 1 aliphatic carbocycles. The van der Waals surface area contributed by atoms with E-state index < -0.39 is 0 Å². The summed E-state index contributed by atoms with van der Waals surface area (Å²) in [6.07, 6.45) is 6.59. The van der Waals surface area contributed by atoms with Crippen LogP contribution in [-0.4, -0.2) is 25.8 Å². The molecule has 2 heterocycles. The first-order chi connectivity index (χ1) is 14.3. The Bertz CT molecular complexity index is 1130. The number of benzene rings is 2. The Morgan fingerprint density at radius 1 is 0.966 bits per heavy atom. The van der Waals surface area contributed by atoms with Gasteiger partial charge in [-0.25, -0.2) is 4.68 Å². The lowest BCUT2D eigenvalue weighted by Gasteiger charge is -2.14. The number of anilines is 3. The number of hydrogen-bond donors (Lipinski definition) is 2. The van der Waals surface area contributed by atoms with E-state index in [1.165, 1.54) is 12.8 Å². The van der Waals surface area contributed by atoms with Gasteiger partial charge in [0.25, 0.3) is 0 Å². The molecular weight excluding hydrogens is 384 g/mol. The molecule has 7 heteroatoms. The third-order valence-corrected chi connectivity index (χ3v) is 5.44. The number of hydrogen-bond acceptors (Lipinski definition) is 5. The maximum absolute atomic E-state index is 6.16. The summed E-state index contributed by atoms with van der Waals surface area (Å²) in [6, 6.07) is 18.0. The SMILES string of the molecule is Clc1cccc(Nc2nc(NC3CCCC3)nc3c2cnn3-c2ccccc2)c1. The summed E-state index contributed by atoms with van der Waals surface area (Å²) in [6.45, 7) is 0. The number of para-hydroxylation sites is 1. The number of nitrogens with one attached hydrogen (secondary N) is 2. The monoisotopic (exact) mass is 404 g/mol. The van der Waals surface area contributed by atoms with Crippen molar-refractivity contribution in [2.75, 3.05) is 10.6 Å². The van der Waals surface area contributed by atoms with Gasteiger partial charge in [0.1, 0.15) is 5.82 Å². The Balaban J connectivity index is 1.60. The summed E-state index contributed by atoms with van der Waals surface area (Å²) in [5, 5.41) is 13.0. The second kappa shape index (κ2) is 7.72. The van der Waals surface area contributed by atoms with Gasteiger partial charge in [-0.1, -0.05) is 48.7 Å². The van der Waals surface area contributed by atoms with Crippen molar-refractivity contribution in [3.63, 3.8) is 0 Å². The van der Waals surface area contributed by atoms with Gasteiger partial charge in [0.15, 0.2) is 5.65 Å². The molecule has 0 spiro atoms. The van der Waals surface area contributed by atoms with Gasteiger partial charge in [-0.3, -0.25) is 0 Å². The van der Waals surface area contributed by atoms with Crippen LogP contribution >= 0.6 is 11.6 Å². The smallest absolute Gasteiger partial charge is 0.226 e. The lowest BCUT2D eigenvalue weighted by Crippen LogP contribution is -2.17. The minimum Gasteiger partial charge on any atom is -0.351 e. The number of nitrogens with zero attached hydrogens (tertiary/aromatic N) is 4. The van der Waals surface area contributed by atoms with E-state index in [1.807, 2.05) is 59.3 Å². The molecule has 1 fully saturated rings. The molecule has 5 rings (SSSR count). The predicted molar refractivity (Wildman–Crippen MR) is 117 cm³/mol. The van der Waals surface area contributed by atoms with Crippen molar-refractivity contribution < 1.29 is 0 Å². The van der Waals surface area contributed by atoms with Gasteiger partial charge in [0.2, 0.25) is 5.95 Å². The minimum atomic E-state index is 0.416. The van der Waals surface area contributed by atoms with E-state index in [4.69, 9.17) is 21.6 Å². The number of halogens is 1. The highest BCUT2D eigenvalue weighted by atomic mass is 35.5. The molecule has 2 aromatic heterocycles. The van der Waals surface area contributed by atoms with Crippen molar-refractivity contribution in [1.82, 2.24) is 19.7 Å². The highest BCUT2D eigenvalue weighted by molar-refractivity contribution is 6.30. The highest BCUT2D eigenvalue weighted by Gasteiger charge is 2.19. The summed E-state index contributed by atoms with van der Waals surface area (Å²) < 4.78 is 1.85. The van der Waals surface area contributed by atoms with Gasteiger partial charge >= 0.3 is 0 Å². The minimum absolute atomic E-state index is 0.416. The van der Waals surface area contributed by atoms with Crippen LogP contribution in [0.1, 0.15) is 25.7 Å². The summed E-state index contributed by atoms with van der Waals surface area (Å²) in [5.74, 6) is 1.33. The fourth-order valence-corrected chi connectivity index (χ4v) is 3.97. The molecule has 6 nitrogen and oxygen atoms in total. The summed E-state index contributed by atoms with van der Waals surface area (Å²) in [4.78, 5) is 9.57. The zero-order valence-electron chi connectivity index (χ0n) is 15.8. The highest BCUT2D eigenvalue weighted by Crippen LogP contribution is 2.29. The maximum Gasteiger partial charge on any atom is 0.226 e. The van der Waals surface area contributed by atoms with Crippen molar-refractivity contribution in [1.29, 1.82) is 0 Å². The molecule has 4 aromatic rings. The molecular formula is C22H21ClN6. The van der Waals surface area contributed by atoms with Crippen LogP contribution in [0.2, 0.25) is 5.02 Å². The second-order valence-corrected chi connectivity index (χ2v) is 7.72. The molecule has 0 atom stereocenters. The van der Waals surface area contributed by atoms with Gasteiger partial charge in [0, 0.05) is 16.8 Å². The third kappa shape index (κ3) is 3.76. The predicted octanol–water partition coefficient (Wildman–Crippen LogP) is 5.57. The molecule has 0 unspecified atom stereocenters. The van der Waals surface area contributed by atoms with E-state index in [-0.39, 0.29) is 0 Å². The molecule has 0 amide bonds. The average Bonchev–Trinajstić information content (AvgIpc) is 3.39. The van der Waals surface area contributed by atoms with E-state index in [2.05, 4.69) is 15.7 Å². The van der Waals surface area contributed by atoms with E-state index in [0.717, 1.165) is 35.2 Å². The van der Waals surface area contributed by atoms with Gasteiger partial charge in [0.05, 0.1) is 17.3 Å². The van der Waals surface area contributed by atoms with Gasteiger partial charge in [-0.2, -0.15) is 15.1 Å². The first-order valence-corrected chi connectivity index (χ1v) is 10.2. The molecule has 1 saturated carbocycles. The van der Waals surface area contributed by atoms with Gasteiger partial charge in [-0.05, 0) is 43.2 Å². The van der Waals surface area contributed by atoms with Crippen molar-refractivity contribution in [2.45, 2.75) is 31.7 Å².